The summed E-state index contributed by atoms with van der Waals surface area (Å²) in [5, 5.41) is 0.873. The summed E-state index contributed by atoms with van der Waals surface area (Å²) in [7, 11) is 0. The SMILES string of the molecule is Cc1cccc2c(=O)[nH]c(COC(=O)c3cc4c(F)cccc4s3)nc12. The van der Waals surface area contributed by atoms with Crippen molar-refractivity contribution in [2.24, 2.45) is 0 Å². The van der Waals surface area contributed by atoms with Crippen molar-refractivity contribution in [3.05, 3.63) is 74.9 Å². The Kier molecular flexibility index (Phi) is 4.00. The van der Waals surface area contributed by atoms with E-state index in [1.807, 2.05) is 13.0 Å². The summed E-state index contributed by atoms with van der Waals surface area (Å²) in [4.78, 5) is 31.7. The van der Waals surface area contributed by atoms with Crippen molar-refractivity contribution in [3.8, 4) is 0 Å². The maximum atomic E-state index is 13.7. The van der Waals surface area contributed by atoms with Crippen LogP contribution in [0.25, 0.3) is 21.0 Å². The number of thiophene rings is 1. The predicted molar refractivity (Wildman–Crippen MR) is 98.0 cm³/mol. The van der Waals surface area contributed by atoms with Gasteiger partial charge in [0.15, 0.2) is 0 Å². The molecule has 2 heterocycles. The number of carbonyl (C=O) groups is 1. The number of hydrogen-bond donors (Lipinski definition) is 1. The van der Waals surface area contributed by atoms with Gasteiger partial charge in [-0.15, -0.1) is 11.3 Å². The van der Waals surface area contributed by atoms with Crippen LogP contribution in [0.15, 0.2) is 47.3 Å². The summed E-state index contributed by atoms with van der Waals surface area (Å²) in [5.74, 6) is -0.704. The Bertz CT molecular complexity index is 1210. The second-order valence-corrected chi connectivity index (χ2v) is 6.91. The van der Waals surface area contributed by atoms with E-state index in [-0.39, 0.29) is 23.8 Å². The van der Waals surface area contributed by atoms with Gasteiger partial charge in [-0.1, -0.05) is 18.2 Å². The zero-order chi connectivity index (χ0) is 18.3. The number of halogens is 1. The molecule has 0 aliphatic heterocycles. The number of para-hydroxylation sites is 1. The van der Waals surface area contributed by atoms with Gasteiger partial charge in [0.25, 0.3) is 5.56 Å². The second-order valence-electron chi connectivity index (χ2n) is 5.82. The van der Waals surface area contributed by atoms with Gasteiger partial charge >= 0.3 is 5.97 Å². The molecule has 26 heavy (non-hydrogen) atoms. The van der Waals surface area contributed by atoms with Gasteiger partial charge in [-0.3, -0.25) is 4.79 Å². The minimum atomic E-state index is -0.585. The van der Waals surface area contributed by atoms with Crippen LogP contribution < -0.4 is 5.56 Å². The molecule has 0 fully saturated rings. The van der Waals surface area contributed by atoms with E-state index in [1.54, 1.807) is 24.3 Å². The highest BCUT2D eigenvalue weighted by atomic mass is 32.1. The summed E-state index contributed by atoms with van der Waals surface area (Å²) in [6.07, 6.45) is 0. The largest absolute Gasteiger partial charge is 0.453 e. The first-order valence-corrected chi connectivity index (χ1v) is 8.68. The Morgan fingerprint density at radius 3 is 2.85 bits per heavy atom. The number of nitrogens with one attached hydrogen (secondary N) is 1. The number of H-pyrrole nitrogens is 1. The molecule has 0 saturated carbocycles. The zero-order valence-corrected chi connectivity index (χ0v) is 14.5. The number of aryl methyl sites for hydroxylation is 1. The van der Waals surface area contributed by atoms with Crippen LogP contribution in [-0.4, -0.2) is 15.9 Å². The predicted octanol–water partition coefficient (Wildman–Crippen LogP) is 3.94. The minimum Gasteiger partial charge on any atom is -0.453 e. The average molecular weight is 368 g/mol. The van der Waals surface area contributed by atoms with Crippen molar-refractivity contribution in [2.45, 2.75) is 13.5 Å². The molecular formula is C19H13FN2O3S. The third kappa shape index (κ3) is 2.86. The van der Waals surface area contributed by atoms with Crippen LogP contribution in [0.3, 0.4) is 0 Å². The molecule has 0 aliphatic rings. The fraction of sp³-hybridized carbons (Fsp3) is 0.105. The maximum absolute atomic E-state index is 13.7. The van der Waals surface area contributed by atoms with Gasteiger partial charge < -0.3 is 9.72 Å². The molecule has 4 aromatic rings. The summed E-state index contributed by atoms with van der Waals surface area (Å²) in [5.41, 5.74) is 1.15. The van der Waals surface area contributed by atoms with Gasteiger partial charge in [-0.05, 0) is 36.8 Å². The van der Waals surface area contributed by atoms with Crippen LogP contribution in [0.2, 0.25) is 0 Å². The Balaban J connectivity index is 1.59. The molecule has 0 saturated heterocycles. The molecular weight excluding hydrogens is 355 g/mol. The number of esters is 1. The highest BCUT2D eigenvalue weighted by Gasteiger charge is 2.15. The quantitative estimate of drug-likeness (QED) is 0.556. The number of hydrogen-bond acceptors (Lipinski definition) is 5. The number of ether oxygens (including phenoxy) is 1. The first-order valence-electron chi connectivity index (χ1n) is 7.86. The van der Waals surface area contributed by atoms with Crippen LogP contribution in [0.4, 0.5) is 4.39 Å². The molecule has 5 nitrogen and oxygen atoms in total. The Hall–Kier alpha value is -3.06. The average Bonchev–Trinajstić information content (AvgIpc) is 3.06. The van der Waals surface area contributed by atoms with Crippen molar-refractivity contribution in [2.75, 3.05) is 0 Å². The van der Waals surface area contributed by atoms with Gasteiger partial charge in [0.05, 0.1) is 10.9 Å². The summed E-state index contributed by atoms with van der Waals surface area (Å²) in [6.45, 7) is 1.69. The molecule has 0 unspecified atom stereocenters. The van der Waals surface area contributed by atoms with E-state index in [4.69, 9.17) is 4.74 Å². The molecule has 0 atom stereocenters. The van der Waals surface area contributed by atoms with Crippen LogP contribution in [0.1, 0.15) is 21.1 Å². The number of aromatic nitrogens is 2. The smallest absolute Gasteiger partial charge is 0.348 e. The highest BCUT2D eigenvalue weighted by molar-refractivity contribution is 7.20. The van der Waals surface area contributed by atoms with Crippen molar-refractivity contribution < 1.29 is 13.9 Å². The van der Waals surface area contributed by atoms with Gasteiger partial charge in [-0.25, -0.2) is 14.2 Å². The first kappa shape index (κ1) is 16.4. The number of benzene rings is 2. The number of carbonyl (C=O) groups excluding carboxylic acids is 1. The first-order chi connectivity index (χ1) is 12.5. The monoisotopic (exact) mass is 368 g/mol. The number of aromatic amines is 1. The number of fused-ring (bicyclic) bond motifs is 2. The van der Waals surface area contributed by atoms with Crippen LogP contribution in [-0.2, 0) is 11.3 Å². The van der Waals surface area contributed by atoms with E-state index >= 15 is 0 Å². The van der Waals surface area contributed by atoms with E-state index in [9.17, 15) is 14.0 Å². The molecule has 1 N–H and O–H groups in total. The molecule has 0 spiro atoms. The molecule has 4 rings (SSSR count). The minimum absolute atomic E-state index is 0.172. The van der Waals surface area contributed by atoms with Gasteiger partial charge in [0.1, 0.15) is 23.1 Å². The molecule has 0 bridgehead atoms. The Morgan fingerprint density at radius 1 is 1.23 bits per heavy atom. The molecule has 0 radical (unpaired) electrons. The maximum Gasteiger partial charge on any atom is 0.348 e. The molecule has 2 aromatic carbocycles. The van der Waals surface area contributed by atoms with Crippen molar-refractivity contribution in [3.63, 3.8) is 0 Å². The van der Waals surface area contributed by atoms with E-state index < -0.39 is 5.97 Å². The van der Waals surface area contributed by atoms with E-state index in [0.29, 0.717) is 25.9 Å². The van der Waals surface area contributed by atoms with E-state index in [2.05, 4.69) is 9.97 Å². The van der Waals surface area contributed by atoms with Crippen molar-refractivity contribution >= 4 is 38.3 Å². The number of nitrogens with zero attached hydrogens (tertiary/aromatic N) is 1. The third-order valence-corrected chi connectivity index (χ3v) is 5.12. The fourth-order valence-electron chi connectivity index (χ4n) is 2.75. The van der Waals surface area contributed by atoms with E-state index in [0.717, 1.165) is 16.9 Å². The Labute approximate surface area is 151 Å². The lowest BCUT2D eigenvalue weighted by Gasteiger charge is -2.05. The lowest BCUT2D eigenvalue weighted by atomic mass is 10.1. The van der Waals surface area contributed by atoms with Crippen LogP contribution in [0, 0.1) is 12.7 Å². The highest BCUT2D eigenvalue weighted by Crippen LogP contribution is 2.28. The lowest BCUT2D eigenvalue weighted by molar-refractivity contribution is 0.0468. The molecule has 7 heteroatoms. The lowest BCUT2D eigenvalue weighted by Crippen LogP contribution is -2.14. The third-order valence-electron chi connectivity index (χ3n) is 4.04. The van der Waals surface area contributed by atoms with E-state index in [1.165, 1.54) is 12.1 Å². The summed E-state index contributed by atoms with van der Waals surface area (Å²) >= 11 is 1.16. The van der Waals surface area contributed by atoms with Gasteiger partial charge in [-0.2, -0.15) is 0 Å². The summed E-state index contributed by atoms with van der Waals surface area (Å²) in [6, 6.07) is 11.5. The normalized spacial score (nSPS) is 11.2. The van der Waals surface area contributed by atoms with Crippen molar-refractivity contribution in [1.29, 1.82) is 0 Å². The topological polar surface area (TPSA) is 72.1 Å². The van der Waals surface area contributed by atoms with Crippen LogP contribution in [0.5, 0.6) is 0 Å². The Morgan fingerprint density at radius 2 is 2.04 bits per heavy atom. The van der Waals surface area contributed by atoms with Crippen molar-refractivity contribution in [1.82, 2.24) is 9.97 Å². The second kappa shape index (κ2) is 6.34. The van der Waals surface area contributed by atoms with Gasteiger partial charge in [0.2, 0.25) is 0 Å². The summed E-state index contributed by atoms with van der Waals surface area (Å²) < 4.78 is 19.7. The number of rotatable bonds is 3. The molecule has 130 valence electrons. The standard InChI is InChI=1S/C19H13FN2O3S/c1-10-4-2-5-11-17(10)21-16(22-18(11)23)9-25-19(24)15-8-12-13(20)6-3-7-14(12)26-15/h2-8H,9H2,1H3,(H,21,22,23). The molecule has 0 amide bonds. The van der Waals surface area contributed by atoms with Gasteiger partial charge in [0, 0.05) is 10.1 Å². The zero-order valence-electron chi connectivity index (χ0n) is 13.7. The fourth-order valence-corrected chi connectivity index (χ4v) is 3.72. The molecule has 0 aliphatic carbocycles. The molecule has 2 aromatic heterocycles. The van der Waals surface area contributed by atoms with Crippen LogP contribution >= 0.6 is 11.3 Å².